The summed E-state index contributed by atoms with van der Waals surface area (Å²) in [4.78, 5) is 23.3. The van der Waals surface area contributed by atoms with E-state index in [2.05, 4.69) is 0 Å². The molecule has 0 bridgehead atoms. The number of halogens is 1. The number of carbonyl (C=O) groups is 2. The summed E-state index contributed by atoms with van der Waals surface area (Å²) in [6.07, 6.45) is 0.226. The van der Waals surface area contributed by atoms with Crippen LogP contribution in [-0.4, -0.2) is 42.0 Å². The second-order valence-electron chi connectivity index (χ2n) is 3.81. The van der Waals surface area contributed by atoms with Crippen molar-refractivity contribution < 1.29 is 14.0 Å². The lowest BCUT2D eigenvalue weighted by Gasteiger charge is -2.36. The fourth-order valence-electron chi connectivity index (χ4n) is 1.46. The molecule has 1 unspecified atom stereocenters. The van der Waals surface area contributed by atoms with Gasteiger partial charge in [-0.25, -0.2) is 4.39 Å². The molecule has 1 atom stereocenters. The minimum Gasteiger partial charge on any atom is -0.370 e. The van der Waals surface area contributed by atoms with Crippen molar-refractivity contribution >= 4 is 11.8 Å². The molecule has 1 heterocycles. The molecule has 0 aromatic rings. The van der Waals surface area contributed by atoms with Crippen LogP contribution in [0.3, 0.4) is 0 Å². The van der Waals surface area contributed by atoms with Gasteiger partial charge in [0.25, 0.3) is 0 Å². The van der Waals surface area contributed by atoms with Crippen LogP contribution in [0.1, 0.15) is 19.3 Å². The van der Waals surface area contributed by atoms with E-state index in [0.717, 1.165) is 0 Å². The monoisotopic (exact) mass is 217 g/mol. The number of amides is 2. The van der Waals surface area contributed by atoms with Crippen molar-refractivity contribution in [1.29, 1.82) is 0 Å². The first kappa shape index (κ1) is 11.9. The van der Waals surface area contributed by atoms with Crippen LogP contribution >= 0.6 is 0 Å². The Morgan fingerprint density at radius 1 is 1.47 bits per heavy atom. The summed E-state index contributed by atoms with van der Waals surface area (Å²) in [5, 5.41) is 0. The topological polar surface area (TPSA) is 89.4 Å². The molecule has 0 radical (unpaired) electrons. The predicted molar refractivity (Wildman–Crippen MR) is 52.5 cm³/mol. The second-order valence-corrected chi connectivity index (χ2v) is 3.81. The quantitative estimate of drug-likeness (QED) is 0.628. The lowest BCUT2D eigenvalue weighted by atomic mass is 10.1. The summed E-state index contributed by atoms with van der Waals surface area (Å²) in [6.45, 7) is 0.282. The van der Waals surface area contributed by atoms with Crippen LogP contribution in [0.4, 0.5) is 4.39 Å². The first-order valence-corrected chi connectivity index (χ1v) is 4.97. The molecule has 1 aliphatic rings. The van der Waals surface area contributed by atoms with Gasteiger partial charge in [-0.2, -0.15) is 0 Å². The third-order valence-corrected chi connectivity index (χ3v) is 2.40. The number of alkyl halides is 1. The zero-order valence-corrected chi connectivity index (χ0v) is 8.49. The van der Waals surface area contributed by atoms with Crippen molar-refractivity contribution in [3.05, 3.63) is 0 Å². The highest BCUT2D eigenvalue weighted by Crippen LogP contribution is 2.13. The Bertz CT molecular complexity index is 254. The summed E-state index contributed by atoms with van der Waals surface area (Å²) in [5.74, 6) is -0.643. The molecule has 4 N–H and O–H groups in total. The van der Waals surface area contributed by atoms with Crippen LogP contribution in [-0.2, 0) is 9.59 Å². The average Bonchev–Trinajstić information content (AvgIpc) is 2.11. The Labute approximate surface area is 87.6 Å². The van der Waals surface area contributed by atoms with E-state index in [1.54, 1.807) is 0 Å². The molecule has 6 heteroatoms. The first-order chi connectivity index (χ1) is 7.00. The van der Waals surface area contributed by atoms with Gasteiger partial charge in [0, 0.05) is 6.42 Å². The summed E-state index contributed by atoms with van der Waals surface area (Å²) in [5.41, 5.74) is 10.5. The Balaban J connectivity index is 2.19. The van der Waals surface area contributed by atoms with E-state index in [-0.39, 0.29) is 25.4 Å². The fraction of sp³-hybridized carbons (Fsp3) is 0.778. The van der Waals surface area contributed by atoms with Gasteiger partial charge in [0.1, 0.15) is 6.17 Å². The van der Waals surface area contributed by atoms with Gasteiger partial charge in [-0.1, -0.05) is 0 Å². The lowest BCUT2D eigenvalue weighted by molar-refractivity contribution is -0.140. The summed E-state index contributed by atoms with van der Waals surface area (Å²) in [7, 11) is 0. The van der Waals surface area contributed by atoms with E-state index in [0.29, 0.717) is 12.8 Å². The molecule has 0 aromatic carbocycles. The molecule has 1 rings (SSSR count). The van der Waals surface area contributed by atoms with E-state index in [4.69, 9.17) is 11.5 Å². The van der Waals surface area contributed by atoms with Crippen molar-refractivity contribution in [2.75, 3.05) is 13.1 Å². The van der Waals surface area contributed by atoms with E-state index in [1.165, 1.54) is 4.90 Å². The standard InChI is InChI=1S/C9H16FN3O2/c10-6-4-13(5-6)9(15)7(11)2-1-3-8(12)14/h6-7H,1-5,11H2,(H2,12,14). The van der Waals surface area contributed by atoms with Crippen molar-refractivity contribution in [2.24, 2.45) is 11.5 Å². The zero-order valence-electron chi connectivity index (χ0n) is 8.49. The smallest absolute Gasteiger partial charge is 0.239 e. The maximum Gasteiger partial charge on any atom is 0.239 e. The summed E-state index contributed by atoms with van der Waals surface area (Å²) >= 11 is 0. The molecular formula is C9H16FN3O2. The fourth-order valence-corrected chi connectivity index (χ4v) is 1.46. The molecule has 5 nitrogen and oxygen atoms in total. The number of likely N-dealkylation sites (tertiary alicyclic amines) is 1. The van der Waals surface area contributed by atoms with Crippen molar-refractivity contribution in [2.45, 2.75) is 31.5 Å². The molecular weight excluding hydrogens is 201 g/mol. The number of primary amides is 1. The number of hydrogen-bond donors (Lipinski definition) is 2. The van der Waals surface area contributed by atoms with Gasteiger partial charge in [-0.05, 0) is 12.8 Å². The number of nitrogens with two attached hydrogens (primary N) is 2. The van der Waals surface area contributed by atoms with E-state index in [9.17, 15) is 14.0 Å². The van der Waals surface area contributed by atoms with E-state index in [1.807, 2.05) is 0 Å². The third-order valence-electron chi connectivity index (χ3n) is 2.40. The Morgan fingerprint density at radius 2 is 2.07 bits per heavy atom. The third kappa shape index (κ3) is 3.47. The first-order valence-electron chi connectivity index (χ1n) is 4.97. The van der Waals surface area contributed by atoms with Gasteiger partial charge in [-0.15, -0.1) is 0 Å². The molecule has 0 aromatic heterocycles. The van der Waals surface area contributed by atoms with Gasteiger partial charge in [0.2, 0.25) is 11.8 Å². The predicted octanol–water partition coefficient (Wildman–Crippen LogP) is -0.850. The summed E-state index contributed by atoms with van der Waals surface area (Å²) < 4.78 is 12.5. The van der Waals surface area contributed by atoms with Crippen molar-refractivity contribution in [1.82, 2.24) is 4.90 Å². The zero-order chi connectivity index (χ0) is 11.4. The molecule has 0 saturated carbocycles. The van der Waals surface area contributed by atoms with Crippen molar-refractivity contribution in [3.8, 4) is 0 Å². The largest absolute Gasteiger partial charge is 0.370 e. The maximum absolute atomic E-state index is 12.5. The van der Waals surface area contributed by atoms with Gasteiger partial charge in [0.15, 0.2) is 0 Å². The Kier molecular flexibility index (Phi) is 4.02. The molecule has 0 aliphatic carbocycles. The van der Waals surface area contributed by atoms with Gasteiger partial charge < -0.3 is 16.4 Å². The van der Waals surface area contributed by atoms with Crippen LogP contribution in [0.25, 0.3) is 0 Å². The van der Waals surface area contributed by atoms with Gasteiger partial charge in [-0.3, -0.25) is 9.59 Å². The maximum atomic E-state index is 12.5. The highest BCUT2D eigenvalue weighted by atomic mass is 19.1. The number of nitrogens with zero attached hydrogens (tertiary/aromatic N) is 1. The molecule has 2 amide bonds. The van der Waals surface area contributed by atoms with Crippen LogP contribution in [0, 0.1) is 0 Å². The van der Waals surface area contributed by atoms with Gasteiger partial charge >= 0.3 is 0 Å². The highest BCUT2D eigenvalue weighted by Gasteiger charge is 2.32. The number of rotatable bonds is 5. The lowest BCUT2D eigenvalue weighted by Crippen LogP contribution is -2.56. The summed E-state index contributed by atoms with van der Waals surface area (Å²) in [6, 6.07) is -0.642. The Hall–Kier alpha value is -1.17. The van der Waals surface area contributed by atoms with Crippen LogP contribution in [0.5, 0.6) is 0 Å². The van der Waals surface area contributed by atoms with Crippen LogP contribution in [0.15, 0.2) is 0 Å². The number of carbonyl (C=O) groups excluding carboxylic acids is 2. The normalized spacial score (nSPS) is 18.4. The Morgan fingerprint density at radius 3 is 2.53 bits per heavy atom. The highest BCUT2D eigenvalue weighted by molar-refractivity contribution is 5.82. The molecule has 1 saturated heterocycles. The number of hydrogen-bond acceptors (Lipinski definition) is 3. The SMILES string of the molecule is NC(=O)CCCC(N)C(=O)N1CC(F)C1. The van der Waals surface area contributed by atoms with Gasteiger partial charge in [0.05, 0.1) is 19.1 Å². The average molecular weight is 217 g/mol. The second kappa shape index (κ2) is 5.06. The molecule has 0 spiro atoms. The van der Waals surface area contributed by atoms with E-state index < -0.39 is 18.1 Å². The molecule has 1 aliphatic heterocycles. The van der Waals surface area contributed by atoms with E-state index >= 15 is 0 Å². The minimum atomic E-state index is -0.910. The van der Waals surface area contributed by atoms with Crippen LogP contribution in [0.2, 0.25) is 0 Å². The molecule has 15 heavy (non-hydrogen) atoms. The molecule has 1 fully saturated rings. The molecule has 86 valence electrons. The minimum absolute atomic E-state index is 0.141. The van der Waals surface area contributed by atoms with Crippen LogP contribution < -0.4 is 11.5 Å². The van der Waals surface area contributed by atoms with Crippen molar-refractivity contribution in [3.63, 3.8) is 0 Å².